The fourth-order valence-corrected chi connectivity index (χ4v) is 5.51. The number of para-hydroxylation sites is 2. The van der Waals surface area contributed by atoms with Gasteiger partial charge in [-0.05, 0) is 66.7 Å². The van der Waals surface area contributed by atoms with E-state index in [2.05, 4.69) is 22.5 Å². The summed E-state index contributed by atoms with van der Waals surface area (Å²) >= 11 is 5.81. The number of carbonyl (C=O) groups excluding carboxylic acids is 2. The minimum atomic E-state index is -0.419. The van der Waals surface area contributed by atoms with Crippen molar-refractivity contribution in [3.8, 4) is 5.69 Å². The summed E-state index contributed by atoms with van der Waals surface area (Å²) in [4.78, 5) is 32.3. The molecule has 2 N–H and O–H groups in total. The first-order chi connectivity index (χ1) is 19.5. The monoisotopic (exact) mass is 553 g/mol. The van der Waals surface area contributed by atoms with Crippen LogP contribution in [0.3, 0.4) is 0 Å². The second kappa shape index (κ2) is 12.1. The van der Waals surface area contributed by atoms with Gasteiger partial charge in [-0.3, -0.25) is 9.78 Å². The Balaban J connectivity index is 1.48. The summed E-state index contributed by atoms with van der Waals surface area (Å²) < 4.78 is 7.03. The number of amides is 1. The first-order valence-electron chi connectivity index (χ1n) is 13.2. The van der Waals surface area contributed by atoms with Crippen molar-refractivity contribution in [2.75, 3.05) is 19.0 Å². The lowest BCUT2D eigenvalue weighted by molar-refractivity contribution is -0.116. The van der Waals surface area contributed by atoms with Gasteiger partial charge in [0.1, 0.15) is 0 Å². The zero-order valence-electron chi connectivity index (χ0n) is 22.4. The van der Waals surface area contributed by atoms with Crippen LogP contribution >= 0.6 is 12.2 Å². The van der Waals surface area contributed by atoms with Crippen LogP contribution in [0.25, 0.3) is 5.69 Å². The highest BCUT2D eigenvalue weighted by Crippen LogP contribution is 2.40. The van der Waals surface area contributed by atoms with E-state index in [9.17, 15) is 9.59 Å². The maximum atomic E-state index is 13.1. The number of carbonyl (C=O) groups is 2. The van der Waals surface area contributed by atoms with E-state index in [1.54, 1.807) is 12.3 Å². The molecule has 1 aliphatic heterocycles. The van der Waals surface area contributed by atoms with Gasteiger partial charge in [-0.15, -0.1) is 0 Å². The van der Waals surface area contributed by atoms with Crippen molar-refractivity contribution in [1.82, 2.24) is 19.8 Å². The summed E-state index contributed by atoms with van der Waals surface area (Å²) in [7, 11) is 1.37. The number of thiocarbonyl (C=S) groups is 1. The molecule has 1 saturated heterocycles. The number of nitrogens with zero attached hydrogens (tertiary/aromatic N) is 3. The molecule has 1 fully saturated rings. The molecule has 9 heteroatoms. The first-order valence-corrected chi connectivity index (χ1v) is 13.6. The lowest BCUT2D eigenvalue weighted by Crippen LogP contribution is -2.33. The van der Waals surface area contributed by atoms with Gasteiger partial charge in [0.15, 0.2) is 5.11 Å². The molecular formula is C31H31N5O3S. The van der Waals surface area contributed by atoms with Crippen LogP contribution in [0.4, 0.5) is 5.69 Å². The van der Waals surface area contributed by atoms with Crippen LogP contribution in [0, 0.1) is 0 Å². The molecule has 0 saturated carbocycles. The van der Waals surface area contributed by atoms with Crippen LogP contribution in [0.1, 0.15) is 52.7 Å². The number of methoxy groups -OCH3 is 1. The van der Waals surface area contributed by atoms with Gasteiger partial charge in [0.25, 0.3) is 0 Å². The van der Waals surface area contributed by atoms with Gasteiger partial charge in [0.05, 0.1) is 36.1 Å². The molecule has 204 valence electrons. The van der Waals surface area contributed by atoms with E-state index in [-0.39, 0.29) is 24.4 Å². The number of nitrogens with one attached hydrogen (secondary N) is 2. The van der Waals surface area contributed by atoms with E-state index >= 15 is 0 Å². The summed E-state index contributed by atoms with van der Waals surface area (Å²) in [5.41, 5.74) is 4.79. The third-order valence-corrected chi connectivity index (χ3v) is 7.45. The molecule has 8 nitrogen and oxygen atoms in total. The number of hydrogen-bond acceptors (Lipinski definition) is 5. The van der Waals surface area contributed by atoms with E-state index in [0.29, 0.717) is 22.9 Å². The fourth-order valence-electron chi connectivity index (χ4n) is 5.17. The van der Waals surface area contributed by atoms with Crippen molar-refractivity contribution >= 4 is 34.9 Å². The molecule has 0 unspecified atom stereocenters. The van der Waals surface area contributed by atoms with Gasteiger partial charge in [-0.1, -0.05) is 43.3 Å². The third kappa shape index (κ3) is 5.46. The molecule has 0 radical (unpaired) electrons. The largest absolute Gasteiger partial charge is 0.465 e. The van der Waals surface area contributed by atoms with Crippen LogP contribution < -0.4 is 10.6 Å². The topological polar surface area (TPSA) is 88.5 Å². The Labute approximate surface area is 239 Å². The van der Waals surface area contributed by atoms with Gasteiger partial charge in [0.2, 0.25) is 5.91 Å². The number of benzene rings is 2. The molecule has 4 aromatic rings. The first kappa shape index (κ1) is 27.1. The Morgan fingerprint density at radius 3 is 2.58 bits per heavy atom. The molecule has 5 rings (SSSR count). The van der Waals surface area contributed by atoms with Gasteiger partial charge < -0.3 is 24.8 Å². The Morgan fingerprint density at radius 2 is 1.80 bits per heavy atom. The molecule has 2 aromatic heterocycles. The highest BCUT2D eigenvalue weighted by molar-refractivity contribution is 7.80. The van der Waals surface area contributed by atoms with Crippen molar-refractivity contribution < 1.29 is 14.3 Å². The number of anilines is 1. The van der Waals surface area contributed by atoms with E-state index < -0.39 is 5.97 Å². The van der Waals surface area contributed by atoms with Crippen molar-refractivity contribution in [3.05, 3.63) is 114 Å². The summed E-state index contributed by atoms with van der Waals surface area (Å²) in [6.45, 7) is 2.46. The molecule has 2 aromatic carbocycles. The average Bonchev–Trinajstić information content (AvgIpc) is 3.60. The van der Waals surface area contributed by atoms with E-state index in [4.69, 9.17) is 17.0 Å². The molecule has 40 heavy (non-hydrogen) atoms. The number of rotatable bonds is 9. The number of aryl methyl sites for hydroxylation is 1. The normalized spacial score (nSPS) is 16.4. The van der Waals surface area contributed by atoms with Gasteiger partial charge >= 0.3 is 5.97 Å². The zero-order valence-corrected chi connectivity index (χ0v) is 23.2. The van der Waals surface area contributed by atoms with Crippen LogP contribution in [-0.4, -0.2) is 45.1 Å². The third-order valence-electron chi connectivity index (χ3n) is 7.10. The Kier molecular flexibility index (Phi) is 8.21. The maximum absolute atomic E-state index is 13.1. The molecular weight excluding hydrogens is 522 g/mol. The molecule has 0 bridgehead atoms. The predicted octanol–water partition coefficient (Wildman–Crippen LogP) is 5.22. The number of hydrogen-bond donors (Lipinski definition) is 2. The standard InChI is InChI=1S/C31H31N5O3S/c1-3-21-11-4-6-13-23(21)33-27(37)17-20-36-29(28(34-31(36)40)24-14-8-9-18-32-24)26-16-10-19-35(26)25-15-7-5-12-22(25)30(38)39-2/h4-16,18-19,28-29H,3,17,20H2,1-2H3,(H,33,37)(H,34,40)/t28-,29+/m0/s1. The van der Waals surface area contributed by atoms with Gasteiger partial charge in [-0.25, -0.2) is 4.79 Å². The summed E-state index contributed by atoms with van der Waals surface area (Å²) in [6, 6.07) is 24.3. The number of aromatic nitrogens is 2. The van der Waals surface area contributed by atoms with Crippen molar-refractivity contribution in [1.29, 1.82) is 0 Å². The van der Waals surface area contributed by atoms with Crippen LogP contribution in [-0.2, 0) is 16.0 Å². The van der Waals surface area contributed by atoms with Gasteiger partial charge in [0, 0.05) is 36.7 Å². The van der Waals surface area contributed by atoms with Crippen LogP contribution in [0.2, 0.25) is 0 Å². The molecule has 2 atom stereocenters. The Bertz CT molecular complexity index is 1520. The minimum absolute atomic E-state index is 0.0878. The quantitative estimate of drug-likeness (QED) is 0.217. The van der Waals surface area contributed by atoms with E-state index in [1.807, 2.05) is 88.5 Å². The number of esters is 1. The zero-order chi connectivity index (χ0) is 28.1. The fraction of sp³-hybridized carbons (Fsp3) is 0.226. The van der Waals surface area contributed by atoms with E-state index in [1.165, 1.54) is 7.11 Å². The summed E-state index contributed by atoms with van der Waals surface area (Å²) in [6.07, 6.45) is 4.74. The summed E-state index contributed by atoms with van der Waals surface area (Å²) in [5, 5.41) is 7.03. The molecule has 3 heterocycles. The van der Waals surface area contributed by atoms with E-state index in [0.717, 1.165) is 29.1 Å². The molecule has 1 amide bonds. The number of ether oxygens (including phenoxy) is 1. The average molecular weight is 554 g/mol. The SMILES string of the molecule is CCc1ccccc1NC(=O)CCN1C(=S)N[C@@H](c2ccccn2)[C@H]1c1cccn1-c1ccccc1C(=O)OC. The van der Waals surface area contributed by atoms with Crippen LogP contribution in [0.15, 0.2) is 91.3 Å². The lowest BCUT2D eigenvalue weighted by Gasteiger charge is -2.29. The summed E-state index contributed by atoms with van der Waals surface area (Å²) in [5.74, 6) is -0.507. The van der Waals surface area contributed by atoms with Crippen molar-refractivity contribution in [2.24, 2.45) is 0 Å². The molecule has 0 aliphatic carbocycles. The smallest absolute Gasteiger partial charge is 0.339 e. The predicted molar refractivity (Wildman–Crippen MR) is 158 cm³/mol. The molecule has 1 aliphatic rings. The molecule has 0 spiro atoms. The lowest BCUT2D eigenvalue weighted by atomic mass is 10.0. The Morgan fingerprint density at radius 1 is 1.02 bits per heavy atom. The van der Waals surface area contributed by atoms with Crippen LogP contribution in [0.5, 0.6) is 0 Å². The van der Waals surface area contributed by atoms with Crippen molar-refractivity contribution in [3.63, 3.8) is 0 Å². The maximum Gasteiger partial charge on any atom is 0.339 e. The Hall–Kier alpha value is -4.50. The second-order valence-electron chi connectivity index (χ2n) is 9.44. The number of pyridine rings is 1. The highest BCUT2D eigenvalue weighted by Gasteiger charge is 2.41. The highest BCUT2D eigenvalue weighted by atomic mass is 32.1. The minimum Gasteiger partial charge on any atom is -0.465 e. The van der Waals surface area contributed by atoms with Gasteiger partial charge in [-0.2, -0.15) is 0 Å². The van der Waals surface area contributed by atoms with Crippen molar-refractivity contribution in [2.45, 2.75) is 31.8 Å². The second-order valence-corrected chi connectivity index (χ2v) is 9.83.